The van der Waals surface area contributed by atoms with E-state index in [4.69, 9.17) is 4.74 Å². The Hall–Kier alpha value is -0.130. The van der Waals surface area contributed by atoms with Gasteiger partial charge < -0.3 is 10.1 Å². The molecule has 4 nitrogen and oxygen atoms in total. The molecule has 0 aromatic heterocycles. The van der Waals surface area contributed by atoms with Crippen LogP contribution in [-0.2, 0) is 14.6 Å². The second-order valence-electron chi connectivity index (χ2n) is 8.02. The first-order valence-corrected chi connectivity index (χ1v) is 10.1. The van der Waals surface area contributed by atoms with Crippen LogP contribution in [0, 0.1) is 16.7 Å². The third kappa shape index (κ3) is 2.66. The molecule has 4 atom stereocenters. The Labute approximate surface area is 128 Å². The number of nitrogens with one attached hydrogen (secondary N) is 1. The molecule has 0 radical (unpaired) electrons. The summed E-state index contributed by atoms with van der Waals surface area (Å²) in [4.78, 5) is 0. The van der Waals surface area contributed by atoms with Gasteiger partial charge in [-0.3, -0.25) is 0 Å². The van der Waals surface area contributed by atoms with Crippen molar-refractivity contribution >= 4 is 9.84 Å². The number of hydrogen-bond acceptors (Lipinski definition) is 4. The maximum atomic E-state index is 11.4. The van der Waals surface area contributed by atoms with Crippen molar-refractivity contribution < 1.29 is 13.2 Å². The standard InChI is InChI=1S/C16H29NO3S/c1-15(2)12-4-6-16(15,3)14(10-12)20-8-7-17-13-5-9-21(18,19)11-13/h12-14,17H,4-11H2,1-3H3. The molecule has 0 amide bonds. The Bertz CT molecular complexity index is 502. The SMILES string of the molecule is CC1(C)C2CCC1(C)C(OCCNC1CCS(=O)(=O)C1)C2. The lowest BCUT2D eigenvalue weighted by Crippen LogP contribution is -2.39. The van der Waals surface area contributed by atoms with Gasteiger partial charge in [0.15, 0.2) is 9.84 Å². The average molecular weight is 315 g/mol. The number of fused-ring (bicyclic) bond motifs is 2. The van der Waals surface area contributed by atoms with Crippen molar-refractivity contribution in [3.8, 4) is 0 Å². The molecule has 1 N–H and O–H groups in total. The fourth-order valence-corrected chi connectivity index (χ4v) is 6.51. The zero-order chi connectivity index (χ0) is 15.3. The van der Waals surface area contributed by atoms with Crippen LogP contribution in [0.15, 0.2) is 0 Å². The zero-order valence-corrected chi connectivity index (χ0v) is 14.3. The molecule has 0 aromatic rings. The molecule has 0 aromatic carbocycles. The second kappa shape index (κ2) is 5.20. The van der Waals surface area contributed by atoms with E-state index in [1.165, 1.54) is 19.3 Å². The molecule has 1 aliphatic heterocycles. The molecule has 21 heavy (non-hydrogen) atoms. The molecule has 3 fully saturated rings. The molecular formula is C16H29NO3S. The summed E-state index contributed by atoms with van der Waals surface area (Å²) < 4.78 is 29.0. The normalized spacial score (nSPS) is 43.5. The van der Waals surface area contributed by atoms with Gasteiger partial charge in [0.25, 0.3) is 0 Å². The highest BCUT2D eigenvalue weighted by molar-refractivity contribution is 7.91. The number of hydrogen-bond donors (Lipinski definition) is 1. The number of rotatable bonds is 5. The molecule has 1 heterocycles. The first-order valence-electron chi connectivity index (χ1n) is 8.30. The molecule has 3 rings (SSSR count). The monoisotopic (exact) mass is 315 g/mol. The molecule has 5 heteroatoms. The summed E-state index contributed by atoms with van der Waals surface area (Å²) in [7, 11) is -2.78. The van der Waals surface area contributed by atoms with Crippen molar-refractivity contribution in [1.29, 1.82) is 0 Å². The summed E-state index contributed by atoms with van der Waals surface area (Å²) in [5, 5.41) is 3.33. The Morgan fingerprint density at radius 2 is 2.00 bits per heavy atom. The van der Waals surface area contributed by atoms with Crippen molar-refractivity contribution in [2.45, 2.75) is 58.6 Å². The van der Waals surface area contributed by atoms with Crippen molar-refractivity contribution in [3.63, 3.8) is 0 Å². The summed E-state index contributed by atoms with van der Waals surface area (Å²) in [5.74, 6) is 1.44. The number of sulfone groups is 1. The van der Waals surface area contributed by atoms with E-state index in [1.54, 1.807) is 0 Å². The first-order chi connectivity index (χ1) is 9.75. The minimum Gasteiger partial charge on any atom is -0.376 e. The van der Waals surface area contributed by atoms with Crippen LogP contribution in [0.1, 0.15) is 46.5 Å². The highest BCUT2D eigenvalue weighted by Gasteiger charge is 2.61. The van der Waals surface area contributed by atoms with Crippen LogP contribution in [0.5, 0.6) is 0 Å². The van der Waals surface area contributed by atoms with E-state index in [0.717, 1.165) is 18.9 Å². The van der Waals surface area contributed by atoms with Gasteiger partial charge in [-0.05, 0) is 42.4 Å². The van der Waals surface area contributed by atoms with Crippen LogP contribution in [0.2, 0.25) is 0 Å². The predicted molar refractivity (Wildman–Crippen MR) is 84.0 cm³/mol. The number of ether oxygens (including phenoxy) is 1. The summed E-state index contributed by atoms with van der Waals surface area (Å²) >= 11 is 0. The van der Waals surface area contributed by atoms with Gasteiger partial charge in [-0.1, -0.05) is 20.8 Å². The molecule has 3 aliphatic rings. The summed E-state index contributed by atoms with van der Waals surface area (Å²) in [5.41, 5.74) is 0.707. The summed E-state index contributed by atoms with van der Waals surface area (Å²) in [6, 6.07) is 0.130. The first kappa shape index (κ1) is 15.8. The van der Waals surface area contributed by atoms with E-state index in [2.05, 4.69) is 26.1 Å². The van der Waals surface area contributed by atoms with E-state index in [0.29, 0.717) is 35.0 Å². The van der Waals surface area contributed by atoms with Crippen molar-refractivity contribution in [3.05, 3.63) is 0 Å². The minimum absolute atomic E-state index is 0.130. The fraction of sp³-hybridized carbons (Fsp3) is 1.00. The molecule has 0 spiro atoms. The maximum Gasteiger partial charge on any atom is 0.151 e. The molecule has 2 bridgehead atoms. The van der Waals surface area contributed by atoms with Gasteiger partial charge in [-0.2, -0.15) is 0 Å². The Balaban J connectivity index is 1.43. The van der Waals surface area contributed by atoms with Gasteiger partial charge in [-0.15, -0.1) is 0 Å². The molecule has 2 aliphatic carbocycles. The molecule has 4 unspecified atom stereocenters. The van der Waals surface area contributed by atoms with Crippen molar-refractivity contribution in [2.75, 3.05) is 24.7 Å². The lowest BCUT2D eigenvalue weighted by molar-refractivity contribution is -0.0453. The van der Waals surface area contributed by atoms with Crippen LogP contribution in [-0.4, -0.2) is 45.2 Å². The van der Waals surface area contributed by atoms with Gasteiger partial charge >= 0.3 is 0 Å². The zero-order valence-electron chi connectivity index (χ0n) is 13.5. The third-order valence-corrected chi connectivity index (χ3v) is 8.57. The van der Waals surface area contributed by atoms with E-state index in [9.17, 15) is 8.42 Å². The second-order valence-corrected chi connectivity index (χ2v) is 10.3. The smallest absolute Gasteiger partial charge is 0.151 e. The lowest BCUT2D eigenvalue weighted by Gasteiger charge is -2.39. The van der Waals surface area contributed by atoms with Crippen LogP contribution in [0.25, 0.3) is 0 Å². The largest absolute Gasteiger partial charge is 0.376 e. The minimum atomic E-state index is -2.78. The highest BCUT2D eigenvalue weighted by Crippen LogP contribution is 2.66. The lowest BCUT2D eigenvalue weighted by atomic mass is 9.70. The molecule has 2 saturated carbocycles. The van der Waals surface area contributed by atoms with Crippen LogP contribution >= 0.6 is 0 Å². The third-order valence-electron chi connectivity index (χ3n) is 6.80. The maximum absolute atomic E-state index is 11.4. The van der Waals surface area contributed by atoms with Crippen molar-refractivity contribution in [1.82, 2.24) is 5.32 Å². The summed E-state index contributed by atoms with van der Waals surface area (Å²) in [6.45, 7) is 8.64. The van der Waals surface area contributed by atoms with E-state index >= 15 is 0 Å². The van der Waals surface area contributed by atoms with Crippen LogP contribution in [0.3, 0.4) is 0 Å². The van der Waals surface area contributed by atoms with Crippen molar-refractivity contribution in [2.24, 2.45) is 16.7 Å². The van der Waals surface area contributed by atoms with E-state index in [-0.39, 0.29) is 6.04 Å². The summed E-state index contributed by atoms with van der Waals surface area (Å²) in [6.07, 6.45) is 4.95. The van der Waals surface area contributed by atoms with E-state index in [1.807, 2.05) is 0 Å². The van der Waals surface area contributed by atoms with Crippen LogP contribution < -0.4 is 5.32 Å². The van der Waals surface area contributed by atoms with Gasteiger partial charge in [0, 0.05) is 12.6 Å². The molecule has 1 saturated heterocycles. The Kier molecular flexibility index (Phi) is 3.90. The highest BCUT2D eigenvalue weighted by atomic mass is 32.2. The predicted octanol–water partition coefficient (Wildman–Crippen LogP) is 1.99. The average Bonchev–Trinajstić information content (AvgIpc) is 2.91. The van der Waals surface area contributed by atoms with Gasteiger partial charge in [-0.25, -0.2) is 8.42 Å². The quantitative estimate of drug-likeness (QED) is 0.788. The topological polar surface area (TPSA) is 55.4 Å². The molecular weight excluding hydrogens is 286 g/mol. The fourth-order valence-electron chi connectivity index (χ4n) is 4.80. The molecule has 122 valence electrons. The Morgan fingerprint density at radius 1 is 1.24 bits per heavy atom. The van der Waals surface area contributed by atoms with E-state index < -0.39 is 9.84 Å². The van der Waals surface area contributed by atoms with Gasteiger partial charge in [0.05, 0.1) is 24.2 Å². The Morgan fingerprint density at radius 3 is 2.52 bits per heavy atom. The van der Waals surface area contributed by atoms with Gasteiger partial charge in [0.2, 0.25) is 0 Å². The van der Waals surface area contributed by atoms with Crippen LogP contribution in [0.4, 0.5) is 0 Å². The van der Waals surface area contributed by atoms with Gasteiger partial charge in [0.1, 0.15) is 0 Å².